The predicted octanol–water partition coefficient (Wildman–Crippen LogP) is 1.69. The van der Waals surface area contributed by atoms with E-state index in [2.05, 4.69) is 4.74 Å². The van der Waals surface area contributed by atoms with Crippen LogP contribution in [0.25, 0.3) is 0 Å². The maximum atomic E-state index is 11.7. The molecule has 92 valence electrons. The Labute approximate surface area is 89.4 Å². The van der Waals surface area contributed by atoms with Crippen LogP contribution < -0.4 is 0 Å². The number of ether oxygens (including phenoxy) is 2. The molecule has 0 aromatic rings. The number of aliphatic hydroxyl groups excluding tert-OH is 1. The lowest BCUT2D eigenvalue weighted by Gasteiger charge is -2.18. The summed E-state index contributed by atoms with van der Waals surface area (Å²) < 4.78 is 32.9. The minimum atomic E-state index is -2.44. The highest BCUT2D eigenvalue weighted by Gasteiger charge is 2.14. The van der Waals surface area contributed by atoms with Crippen LogP contribution in [0.3, 0.4) is 0 Å². The molecule has 0 saturated heterocycles. The van der Waals surface area contributed by atoms with E-state index in [1.54, 1.807) is 7.11 Å². The fourth-order valence-electron chi connectivity index (χ4n) is 1.16. The molecule has 0 bridgehead atoms. The van der Waals surface area contributed by atoms with Crippen LogP contribution in [0.5, 0.6) is 0 Å². The molecule has 0 spiro atoms. The molecule has 1 N–H and O–H groups in total. The molecule has 5 heteroatoms. The molecule has 0 aromatic carbocycles. The Morgan fingerprint density at radius 3 is 2.40 bits per heavy atom. The van der Waals surface area contributed by atoms with Crippen LogP contribution in [0.15, 0.2) is 0 Å². The van der Waals surface area contributed by atoms with Crippen LogP contribution in [0.2, 0.25) is 0 Å². The lowest BCUT2D eigenvalue weighted by molar-refractivity contribution is -0.00372. The van der Waals surface area contributed by atoms with Crippen LogP contribution in [-0.2, 0) is 9.47 Å². The Hall–Kier alpha value is -0.260. The first-order valence-corrected chi connectivity index (χ1v) is 5.10. The number of hydrogen-bond donors (Lipinski definition) is 1. The van der Waals surface area contributed by atoms with Crippen molar-refractivity contribution in [3.05, 3.63) is 0 Å². The Morgan fingerprint density at radius 1 is 1.20 bits per heavy atom. The number of hydrogen-bond acceptors (Lipinski definition) is 3. The molecule has 0 rings (SSSR count). The van der Waals surface area contributed by atoms with Crippen LogP contribution >= 0.6 is 0 Å². The van der Waals surface area contributed by atoms with Crippen molar-refractivity contribution < 1.29 is 23.4 Å². The molecule has 0 saturated carbocycles. The van der Waals surface area contributed by atoms with Crippen molar-refractivity contribution in [3.8, 4) is 0 Å². The van der Waals surface area contributed by atoms with Crippen molar-refractivity contribution >= 4 is 0 Å². The van der Waals surface area contributed by atoms with E-state index in [-0.39, 0.29) is 12.5 Å². The van der Waals surface area contributed by atoms with Gasteiger partial charge in [-0.3, -0.25) is 0 Å². The SMILES string of the molecule is COCCC(C)C(O)CCOCC(F)F. The van der Waals surface area contributed by atoms with E-state index in [1.165, 1.54) is 0 Å². The van der Waals surface area contributed by atoms with E-state index in [4.69, 9.17) is 4.74 Å². The van der Waals surface area contributed by atoms with Crippen LogP contribution in [0.4, 0.5) is 8.78 Å². The number of alkyl halides is 2. The Kier molecular flexibility index (Phi) is 8.85. The second-order valence-electron chi connectivity index (χ2n) is 3.58. The highest BCUT2D eigenvalue weighted by atomic mass is 19.3. The van der Waals surface area contributed by atoms with Gasteiger partial charge in [0.15, 0.2) is 0 Å². The Balaban J connectivity index is 3.42. The average Bonchev–Trinajstić information content (AvgIpc) is 2.20. The summed E-state index contributed by atoms with van der Waals surface area (Å²) in [5.74, 6) is 0.0973. The summed E-state index contributed by atoms with van der Waals surface area (Å²) in [6.07, 6.45) is -1.81. The van der Waals surface area contributed by atoms with E-state index in [0.29, 0.717) is 13.0 Å². The van der Waals surface area contributed by atoms with Crippen molar-refractivity contribution in [1.82, 2.24) is 0 Å². The van der Waals surface area contributed by atoms with Crippen LogP contribution in [-0.4, -0.2) is 44.6 Å². The fraction of sp³-hybridized carbons (Fsp3) is 1.00. The third-order valence-electron chi connectivity index (χ3n) is 2.24. The van der Waals surface area contributed by atoms with Gasteiger partial charge in [-0.15, -0.1) is 0 Å². The molecular weight excluding hydrogens is 206 g/mol. The number of aliphatic hydroxyl groups is 1. The van der Waals surface area contributed by atoms with Gasteiger partial charge in [0.2, 0.25) is 0 Å². The monoisotopic (exact) mass is 226 g/mol. The average molecular weight is 226 g/mol. The van der Waals surface area contributed by atoms with E-state index < -0.39 is 19.1 Å². The summed E-state index contributed by atoms with van der Waals surface area (Å²) in [6.45, 7) is 2.11. The largest absolute Gasteiger partial charge is 0.393 e. The lowest BCUT2D eigenvalue weighted by Crippen LogP contribution is -2.21. The summed E-state index contributed by atoms with van der Waals surface area (Å²) in [7, 11) is 1.60. The third kappa shape index (κ3) is 8.72. The van der Waals surface area contributed by atoms with Crippen LogP contribution in [0.1, 0.15) is 19.8 Å². The first-order chi connectivity index (χ1) is 7.07. The van der Waals surface area contributed by atoms with Gasteiger partial charge in [0, 0.05) is 20.3 Å². The molecule has 0 aliphatic rings. The van der Waals surface area contributed by atoms with Gasteiger partial charge >= 0.3 is 0 Å². The second kappa shape index (κ2) is 9.00. The van der Waals surface area contributed by atoms with E-state index >= 15 is 0 Å². The van der Waals surface area contributed by atoms with Gasteiger partial charge in [-0.1, -0.05) is 6.92 Å². The quantitative estimate of drug-likeness (QED) is 0.608. The van der Waals surface area contributed by atoms with Gasteiger partial charge in [0.05, 0.1) is 6.10 Å². The van der Waals surface area contributed by atoms with Crippen molar-refractivity contribution in [2.24, 2.45) is 5.92 Å². The summed E-state index contributed by atoms with van der Waals surface area (Å²) in [5, 5.41) is 9.59. The predicted molar refractivity (Wildman–Crippen MR) is 53.1 cm³/mol. The van der Waals surface area contributed by atoms with Gasteiger partial charge in [-0.05, 0) is 18.8 Å². The smallest absolute Gasteiger partial charge is 0.261 e. The molecule has 0 radical (unpaired) electrons. The van der Waals surface area contributed by atoms with Crippen molar-refractivity contribution in [3.63, 3.8) is 0 Å². The maximum Gasteiger partial charge on any atom is 0.261 e. The minimum absolute atomic E-state index is 0.0973. The van der Waals surface area contributed by atoms with Gasteiger partial charge in [-0.25, -0.2) is 8.78 Å². The summed E-state index contributed by atoms with van der Waals surface area (Å²) >= 11 is 0. The van der Waals surface area contributed by atoms with Crippen LogP contribution in [0, 0.1) is 5.92 Å². The topological polar surface area (TPSA) is 38.7 Å². The summed E-state index contributed by atoms with van der Waals surface area (Å²) in [4.78, 5) is 0. The zero-order valence-electron chi connectivity index (χ0n) is 9.29. The molecular formula is C10H20F2O3. The van der Waals surface area contributed by atoms with Gasteiger partial charge in [-0.2, -0.15) is 0 Å². The minimum Gasteiger partial charge on any atom is -0.393 e. The highest BCUT2D eigenvalue weighted by molar-refractivity contribution is 4.64. The van der Waals surface area contributed by atoms with Gasteiger partial charge < -0.3 is 14.6 Å². The number of methoxy groups -OCH3 is 1. The molecule has 15 heavy (non-hydrogen) atoms. The van der Waals surface area contributed by atoms with E-state index in [1.807, 2.05) is 6.92 Å². The zero-order chi connectivity index (χ0) is 11.7. The molecule has 2 unspecified atom stereocenters. The van der Waals surface area contributed by atoms with Gasteiger partial charge in [0.1, 0.15) is 6.61 Å². The second-order valence-corrected chi connectivity index (χ2v) is 3.58. The van der Waals surface area contributed by atoms with Crippen molar-refractivity contribution in [2.45, 2.75) is 32.3 Å². The number of halogens is 2. The first-order valence-electron chi connectivity index (χ1n) is 5.10. The molecule has 0 fully saturated rings. The maximum absolute atomic E-state index is 11.7. The molecule has 3 nitrogen and oxygen atoms in total. The molecule has 0 aliphatic carbocycles. The van der Waals surface area contributed by atoms with E-state index in [0.717, 1.165) is 6.42 Å². The molecule has 0 amide bonds. The molecule has 0 aromatic heterocycles. The molecule has 0 aliphatic heterocycles. The highest BCUT2D eigenvalue weighted by Crippen LogP contribution is 2.11. The first kappa shape index (κ1) is 14.7. The Bertz CT molecular complexity index is 145. The number of rotatable bonds is 9. The Morgan fingerprint density at radius 2 is 1.87 bits per heavy atom. The lowest BCUT2D eigenvalue weighted by atomic mass is 9.99. The normalized spacial score (nSPS) is 15.6. The molecule has 2 atom stereocenters. The molecule has 0 heterocycles. The fourth-order valence-corrected chi connectivity index (χ4v) is 1.16. The van der Waals surface area contributed by atoms with E-state index in [9.17, 15) is 13.9 Å². The van der Waals surface area contributed by atoms with Crippen molar-refractivity contribution in [2.75, 3.05) is 26.9 Å². The standard InChI is InChI=1S/C10H20F2O3/c1-8(3-5-14-2)9(13)4-6-15-7-10(11)12/h8-10,13H,3-7H2,1-2H3. The van der Waals surface area contributed by atoms with Crippen molar-refractivity contribution in [1.29, 1.82) is 0 Å². The summed E-state index contributed by atoms with van der Waals surface area (Å²) in [6, 6.07) is 0. The summed E-state index contributed by atoms with van der Waals surface area (Å²) in [5.41, 5.74) is 0. The third-order valence-corrected chi connectivity index (χ3v) is 2.24. The zero-order valence-corrected chi connectivity index (χ0v) is 9.29. The van der Waals surface area contributed by atoms with Gasteiger partial charge in [0.25, 0.3) is 6.43 Å².